The topological polar surface area (TPSA) is 108 Å². The van der Waals surface area contributed by atoms with Crippen LogP contribution in [0.5, 0.6) is 0 Å². The maximum atomic E-state index is 13.0. The summed E-state index contributed by atoms with van der Waals surface area (Å²) in [5.74, 6) is 0.0632. The first kappa shape index (κ1) is 19.8. The zero-order chi connectivity index (χ0) is 21.3. The Kier molecular flexibility index (Phi) is 5.33. The molecule has 2 amide bonds. The Hall–Kier alpha value is -3.52. The molecule has 0 atom stereocenters. The minimum Gasteiger partial charge on any atom is -0.409 e. The molecule has 0 spiro atoms. The number of thioether (sulfide) groups is 1. The van der Waals surface area contributed by atoms with Crippen molar-refractivity contribution in [2.24, 2.45) is 10.9 Å². The Morgan fingerprint density at radius 1 is 1.20 bits per heavy atom. The molecule has 0 aliphatic carbocycles. The van der Waals surface area contributed by atoms with Crippen molar-refractivity contribution in [3.63, 3.8) is 0 Å². The van der Waals surface area contributed by atoms with Crippen molar-refractivity contribution in [3.05, 3.63) is 65.7 Å². The van der Waals surface area contributed by atoms with E-state index >= 15 is 0 Å². The first-order valence-corrected chi connectivity index (χ1v) is 10.7. The molecule has 0 saturated heterocycles. The number of hydrogen-bond donors (Lipinski definition) is 3. The van der Waals surface area contributed by atoms with E-state index in [9.17, 15) is 9.59 Å². The van der Waals surface area contributed by atoms with E-state index in [1.165, 1.54) is 4.90 Å². The normalized spacial score (nSPS) is 14.4. The van der Waals surface area contributed by atoms with Crippen molar-refractivity contribution in [1.82, 2.24) is 0 Å². The van der Waals surface area contributed by atoms with Crippen LogP contribution in [-0.4, -0.2) is 29.1 Å². The Balaban J connectivity index is 1.94. The number of anilines is 3. The Morgan fingerprint density at radius 3 is 2.77 bits per heavy atom. The highest BCUT2D eigenvalue weighted by Crippen LogP contribution is 2.40. The fraction of sp³-hybridized carbons (Fsp3) is 0.136. The second-order valence-electron chi connectivity index (χ2n) is 6.94. The lowest BCUT2D eigenvalue weighted by atomic mass is 10.0. The fourth-order valence-electron chi connectivity index (χ4n) is 3.61. The molecule has 3 aromatic carbocycles. The van der Waals surface area contributed by atoms with E-state index in [0.717, 1.165) is 22.1 Å². The molecule has 0 unspecified atom stereocenters. The predicted molar refractivity (Wildman–Crippen MR) is 121 cm³/mol. The molecule has 1 heterocycles. The lowest BCUT2D eigenvalue weighted by Gasteiger charge is -2.24. The SMILES string of the molecule is CSCc1ccc2ccc3c(c2c1)NC(=O)CC(=O)N3c1cccc(/C(N)=N/O)c1. The van der Waals surface area contributed by atoms with E-state index in [1.54, 1.807) is 36.0 Å². The molecule has 0 aromatic heterocycles. The Bertz CT molecular complexity index is 1190. The third-order valence-corrected chi connectivity index (χ3v) is 5.57. The van der Waals surface area contributed by atoms with Crippen LogP contribution in [0, 0.1) is 0 Å². The second-order valence-corrected chi connectivity index (χ2v) is 7.80. The van der Waals surface area contributed by atoms with Gasteiger partial charge in [-0.15, -0.1) is 0 Å². The van der Waals surface area contributed by atoms with Crippen LogP contribution in [-0.2, 0) is 15.3 Å². The summed E-state index contributed by atoms with van der Waals surface area (Å²) in [5, 5.41) is 16.8. The molecule has 0 bridgehead atoms. The number of fused-ring (bicyclic) bond motifs is 3. The lowest BCUT2D eigenvalue weighted by Crippen LogP contribution is -2.26. The van der Waals surface area contributed by atoms with Gasteiger partial charge in [-0.05, 0) is 41.5 Å². The van der Waals surface area contributed by atoms with E-state index in [-0.39, 0.29) is 24.1 Å². The summed E-state index contributed by atoms with van der Waals surface area (Å²) in [6.45, 7) is 0. The van der Waals surface area contributed by atoms with Crippen LogP contribution < -0.4 is 16.0 Å². The molecular weight excluding hydrogens is 400 g/mol. The van der Waals surface area contributed by atoms with Crippen LogP contribution in [0.25, 0.3) is 10.8 Å². The van der Waals surface area contributed by atoms with Gasteiger partial charge in [-0.1, -0.05) is 35.5 Å². The molecule has 1 aliphatic heterocycles. The van der Waals surface area contributed by atoms with Gasteiger partial charge in [0.2, 0.25) is 11.8 Å². The van der Waals surface area contributed by atoms with Crippen LogP contribution in [0.3, 0.4) is 0 Å². The van der Waals surface area contributed by atoms with Gasteiger partial charge in [-0.3, -0.25) is 14.5 Å². The zero-order valence-corrected chi connectivity index (χ0v) is 17.1. The number of hydrogen-bond acceptors (Lipinski definition) is 5. The summed E-state index contributed by atoms with van der Waals surface area (Å²) in [4.78, 5) is 27.0. The summed E-state index contributed by atoms with van der Waals surface area (Å²) in [5.41, 5.74) is 9.03. The second kappa shape index (κ2) is 8.08. The average Bonchev–Trinajstić information content (AvgIpc) is 2.88. The number of amides is 2. The van der Waals surface area contributed by atoms with E-state index in [4.69, 9.17) is 10.9 Å². The smallest absolute Gasteiger partial charge is 0.241 e. The van der Waals surface area contributed by atoms with E-state index in [2.05, 4.69) is 16.5 Å². The number of nitrogens with zero attached hydrogens (tertiary/aromatic N) is 2. The van der Waals surface area contributed by atoms with Crippen LogP contribution in [0.1, 0.15) is 17.5 Å². The number of oxime groups is 1. The predicted octanol–water partition coefficient (Wildman–Crippen LogP) is 3.80. The first-order valence-electron chi connectivity index (χ1n) is 9.27. The maximum Gasteiger partial charge on any atom is 0.241 e. The van der Waals surface area contributed by atoms with Crippen molar-refractivity contribution in [2.45, 2.75) is 12.2 Å². The largest absolute Gasteiger partial charge is 0.409 e. The number of carbonyl (C=O) groups is 2. The average molecular weight is 420 g/mol. The number of carbonyl (C=O) groups excluding carboxylic acids is 2. The van der Waals surface area contributed by atoms with Crippen LogP contribution in [0.15, 0.2) is 59.8 Å². The molecule has 8 heteroatoms. The van der Waals surface area contributed by atoms with Gasteiger partial charge in [-0.25, -0.2) is 0 Å². The van der Waals surface area contributed by atoms with Crippen molar-refractivity contribution in [2.75, 3.05) is 16.5 Å². The maximum absolute atomic E-state index is 13.0. The zero-order valence-electron chi connectivity index (χ0n) is 16.3. The number of nitrogens with two attached hydrogens (primary N) is 1. The van der Waals surface area contributed by atoms with Gasteiger partial charge in [0.15, 0.2) is 5.84 Å². The van der Waals surface area contributed by atoms with Crippen LogP contribution in [0.4, 0.5) is 17.1 Å². The van der Waals surface area contributed by atoms with Gasteiger partial charge in [-0.2, -0.15) is 11.8 Å². The Morgan fingerprint density at radius 2 is 2.00 bits per heavy atom. The van der Waals surface area contributed by atoms with Gasteiger partial charge >= 0.3 is 0 Å². The highest BCUT2D eigenvalue weighted by atomic mass is 32.2. The van der Waals surface area contributed by atoms with Gasteiger partial charge < -0.3 is 16.3 Å². The summed E-state index contributed by atoms with van der Waals surface area (Å²) in [6, 6.07) is 16.7. The van der Waals surface area contributed by atoms with E-state index < -0.39 is 0 Å². The molecule has 7 nitrogen and oxygen atoms in total. The summed E-state index contributed by atoms with van der Waals surface area (Å²) >= 11 is 1.71. The van der Waals surface area contributed by atoms with Gasteiger partial charge in [0.05, 0.1) is 11.4 Å². The molecular formula is C22H20N4O3S. The van der Waals surface area contributed by atoms with Gasteiger partial charge in [0.25, 0.3) is 0 Å². The van der Waals surface area contributed by atoms with Gasteiger partial charge in [0, 0.05) is 22.4 Å². The fourth-order valence-corrected chi connectivity index (χ4v) is 4.12. The number of rotatable bonds is 4. The molecule has 4 rings (SSSR count). The molecule has 3 aromatic rings. The lowest BCUT2D eigenvalue weighted by molar-refractivity contribution is -0.124. The summed E-state index contributed by atoms with van der Waals surface area (Å²) in [6.07, 6.45) is 1.75. The van der Waals surface area contributed by atoms with E-state index in [0.29, 0.717) is 22.6 Å². The number of benzene rings is 3. The first-order chi connectivity index (χ1) is 14.5. The molecule has 0 radical (unpaired) electrons. The highest BCUT2D eigenvalue weighted by Gasteiger charge is 2.29. The van der Waals surface area contributed by atoms with Crippen molar-refractivity contribution in [1.29, 1.82) is 0 Å². The number of amidine groups is 1. The van der Waals surface area contributed by atoms with Gasteiger partial charge in [0.1, 0.15) is 6.42 Å². The van der Waals surface area contributed by atoms with E-state index in [1.807, 2.05) is 30.5 Å². The summed E-state index contributed by atoms with van der Waals surface area (Å²) < 4.78 is 0. The molecule has 1 aliphatic rings. The molecule has 4 N–H and O–H groups in total. The minimum absolute atomic E-state index is 0.0613. The highest BCUT2D eigenvalue weighted by molar-refractivity contribution is 7.97. The van der Waals surface area contributed by atoms with Crippen molar-refractivity contribution >= 4 is 57.2 Å². The number of nitrogens with one attached hydrogen (secondary N) is 1. The van der Waals surface area contributed by atoms with Crippen LogP contribution in [0.2, 0.25) is 0 Å². The van der Waals surface area contributed by atoms with Crippen LogP contribution >= 0.6 is 11.8 Å². The van der Waals surface area contributed by atoms with Crippen molar-refractivity contribution in [3.8, 4) is 0 Å². The third-order valence-electron chi connectivity index (χ3n) is 4.95. The summed E-state index contributed by atoms with van der Waals surface area (Å²) in [7, 11) is 0. The quantitative estimate of drug-likeness (QED) is 0.196. The standard InChI is InChI=1S/C22H20N4O3S/c1-30-12-13-5-6-14-7-8-18-21(17(14)9-13)24-19(27)11-20(28)26(18)16-4-2-3-15(10-16)22(23)25-29/h2-10,29H,11-12H2,1H3,(H2,23,25)(H,24,27). The molecule has 0 saturated carbocycles. The minimum atomic E-state index is -0.362. The third kappa shape index (κ3) is 3.57. The molecule has 152 valence electrons. The monoisotopic (exact) mass is 420 g/mol. The molecule has 0 fully saturated rings. The van der Waals surface area contributed by atoms with Crippen molar-refractivity contribution < 1.29 is 14.8 Å². The Labute approximate surface area is 177 Å². The molecule has 30 heavy (non-hydrogen) atoms.